The standard InChI is InChI=1S/C14H28O2S/c1-3-4-5-6-7-8-9-10-11-13(12(2)17)14(15)16/h12-13,17H,3-11H2,1-2H3,(H,15,16). The number of hydrogen-bond acceptors (Lipinski definition) is 2. The molecule has 0 saturated heterocycles. The molecule has 2 nitrogen and oxygen atoms in total. The SMILES string of the molecule is CCCCCCCCCCC(C(=O)O)C(C)S. The first kappa shape index (κ1) is 16.8. The van der Waals surface area contributed by atoms with Crippen LogP contribution in [0.3, 0.4) is 0 Å². The van der Waals surface area contributed by atoms with Crippen molar-refractivity contribution in [2.45, 2.75) is 76.9 Å². The van der Waals surface area contributed by atoms with Gasteiger partial charge in [0.1, 0.15) is 0 Å². The van der Waals surface area contributed by atoms with Crippen molar-refractivity contribution in [3.05, 3.63) is 0 Å². The second-order valence-corrected chi connectivity index (χ2v) is 5.76. The van der Waals surface area contributed by atoms with Crippen molar-refractivity contribution < 1.29 is 9.90 Å². The van der Waals surface area contributed by atoms with E-state index in [0.29, 0.717) is 0 Å². The fourth-order valence-corrected chi connectivity index (χ4v) is 2.35. The van der Waals surface area contributed by atoms with Crippen LogP contribution in [0.2, 0.25) is 0 Å². The summed E-state index contributed by atoms with van der Waals surface area (Å²) in [5.74, 6) is -0.978. The summed E-state index contributed by atoms with van der Waals surface area (Å²) in [6.45, 7) is 4.09. The molecule has 0 aliphatic carbocycles. The first-order valence-corrected chi connectivity index (χ1v) is 7.52. The Kier molecular flexibility index (Phi) is 10.8. The molecule has 3 heteroatoms. The molecule has 0 amide bonds. The molecule has 0 radical (unpaired) electrons. The van der Waals surface area contributed by atoms with Crippen molar-refractivity contribution >= 4 is 18.6 Å². The third-order valence-corrected chi connectivity index (χ3v) is 3.63. The molecule has 0 aliphatic rings. The lowest BCUT2D eigenvalue weighted by molar-refractivity contribution is -0.141. The van der Waals surface area contributed by atoms with E-state index in [2.05, 4.69) is 19.6 Å². The van der Waals surface area contributed by atoms with Crippen molar-refractivity contribution in [2.75, 3.05) is 0 Å². The maximum absolute atomic E-state index is 10.9. The van der Waals surface area contributed by atoms with E-state index in [0.717, 1.165) is 19.3 Å². The van der Waals surface area contributed by atoms with E-state index in [1.165, 1.54) is 38.5 Å². The number of aliphatic carboxylic acids is 1. The highest BCUT2D eigenvalue weighted by molar-refractivity contribution is 7.81. The molecule has 0 aliphatic heterocycles. The summed E-state index contributed by atoms with van der Waals surface area (Å²) in [4.78, 5) is 10.9. The van der Waals surface area contributed by atoms with Crippen molar-refractivity contribution in [1.29, 1.82) is 0 Å². The molecular weight excluding hydrogens is 232 g/mol. The number of rotatable bonds is 11. The van der Waals surface area contributed by atoms with Crippen molar-refractivity contribution in [1.82, 2.24) is 0 Å². The lowest BCUT2D eigenvalue weighted by atomic mass is 9.97. The fourth-order valence-electron chi connectivity index (χ4n) is 2.07. The molecule has 0 rings (SSSR count). The van der Waals surface area contributed by atoms with Gasteiger partial charge in [0.25, 0.3) is 0 Å². The number of carbonyl (C=O) groups is 1. The molecule has 102 valence electrons. The molecule has 2 atom stereocenters. The zero-order chi connectivity index (χ0) is 13.1. The van der Waals surface area contributed by atoms with Gasteiger partial charge in [-0.15, -0.1) is 0 Å². The Labute approximate surface area is 112 Å². The maximum atomic E-state index is 10.9. The molecule has 0 spiro atoms. The molecule has 0 fully saturated rings. The highest BCUT2D eigenvalue weighted by atomic mass is 32.1. The summed E-state index contributed by atoms with van der Waals surface area (Å²) in [7, 11) is 0. The minimum absolute atomic E-state index is 0.0444. The van der Waals surface area contributed by atoms with Crippen molar-refractivity contribution in [2.24, 2.45) is 5.92 Å². The van der Waals surface area contributed by atoms with Gasteiger partial charge < -0.3 is 5.11 Å². The predicted octanol–water partition coefficient (Wildman–Crippen LogP) is 4.54. The summed E-state index contributed by atoms with van der Waals surface area (Å²) >= 11 is 4.23. The molecule has 1 N–H and O–H groups in total. The number of carboxylic acid groups (broad SMARTS) is 1. The van der Waals surface area contributed by atoms with Gasteiger partial charge in [0, 0.05) is 5.25 Å². The van der Waals surface area contributed by atoms with Crippen LogP contribution in [0, 0.1) is 5.92 Å². The zero-order valence-corrected chi connectivity index (χ0v) is 12.2. The zero-order valence-electron chi connectivity index (χ0n) is 11.3. The van der Waals surface area contributed by atoms with Gasteiger partial charge in [0.2, 0.25) is 0 Å². The lowest BCUT2D eigenvalue weighted by Crippen LogP contribution is -2.21. The van der Waals surface area contributed by atoms with Crippen LogP contribution in [0.25, 0.3) is 0 Å². The Morgan fingerprint density at radius 1 is 1.06 bits per heavy atom. The van der Waals surface area contributed by atoms with Gasteiger partial charge in [-0.05, 0) is 6.42 Å². The molecule has 0 aromatic carbocycles. The Balaban J connectivity index is 3.40. The van der Waals surface area contributed by atoms with Gasteiger partial charge in [0.05, 0.1) is 5.92 Å². The smallest absolute Gasteiger partial charge is 0.307 e. The van der Waals surface area contributed by atoms with Crippen LogP contribution in [0.15, 0.2) is 0 Å². The summed E-state index contributed by atoms with van der Waals surface area (Å²) in [6.07, 6.45) is 10.8. The van der Waals surface area contributed by atoms with Gasteiger partial charge >= 0.3 is 5.97 Å². The first-order valence-electron chi connectivity index (χ1n) is 7.00. The molecule has 0 heterocycles. The largest absolute Gasteiger partial charge is 0.481 e. The minimum Gasteiger partial charge on any atom is -0.481 e. The van der Waals surface area contributed by atoms with Crippen LogP contribution in [0.1, 0.15) is 71.6 Å². The third kappa shape index (κ3) is 9.51. The highest BCUT2D eigenvalue weighted by Gasteiger charge is 2.20. The van der Waals surface area contributed by atoms with Gasteiger partial charge in [-0.25, -0.2) is 0 Å². The Morgan fingerprint density at radius 2 is 1.53 bits per heavy atom. The average Bonchev–Trinajstić information content (AvgIpc) is 2.26. The predicted molar refractivity (Wildman–Crippen MR) is 76.8 cm³/mol. The summed E-state index contributed by atoms with van der Waals surface area (Å²) < 4.78 is 0. The van der Waals surface area contributed by atoms with E-state index in [9.17, 15) is 4.79 Å². The van der Waals surface area contributed by atoms with Crippen molar-refractivity contribution in [3.63, 3.8) is 0 Å². The van der Waals surface area contributed by atoms with Gasteiger partial charge in [-0.1, -0.05) is 65.2 Å². The molecular formula is C14H28O2S. The van der Waals surface area contributed by atoms with E-state index < -0.39 is 5.97 Å². The quantitative estimate of drug-likeness (QED) is 0.423. The van der Waals surface area contributed by atoms with Crippen LogP contribution < -0.4 is 0 Å². The summed E-state index contributed by atoms with van der Waals surface area (Å²) in [5.41, 5.74) is 0. The van der Waals surface area contributed by atoms with Crippen LogP contribution in [0.5, 0.6) is 0 Å². The number of unbranched alkanes of at least 4 members (excludes halogenated alkanes) is 7. The summed E-state index contributed by atoms with van der Waals surface area (Å²) in [6, 6.07) is 0. The Hall–Kier alpha value is -0.180. The van der Waals surface area contributed by atoms with E-state index >= 15 is 0 Å². The van der Waals surface area contributed by atoms with E-state index in [1.54, 1.807) is 0 Å². The average molecular weight is 260 g/mol. The third-order valence-electron chi connectivity index (χ3n) is 3.27. The lowest BCUT2D eigenvalue weighted by Gasteiger charge is -2.14. The molecule has 0 saturated carbocycles. The van der Waals surface area contributed by atoms with Gasteiger partial charge in [0.15, 0.2) is 0 Å². The number of hydrogen-bond donors (Lipinski definition) is 2. The second-order valence-electron chi connectivity index (χ2n) is 4.95. The van der Waals surface area contributed by atoms with Crippen LogP contribution in [0.4, 0.5) is 0 Å². The van der Waals surface area contributed by atoms with Crippen molar-refractivity contribution in [3.8, 4) is 0 Å². The normalized spacial score (nSPS) is 14.5. The maximum Gasteiger partial charge on any atom is 0.307 e. The molecule has 0 aromatic rings. The molecule has 2 unspecified atom stereocenters. The van der Waals surface area contributed by atoms with Crippen LogP contribution in [-0.4, -0.2) is 16.3 Å². The topological polar surface area (TPSA) is 37.3 Å². The molecule has 0 aromatic heterocycles. The summed E-state index contributed by atoms with van der Waals surface area (Å²) in [5, 5.41) is 8.95. The highest BCUT2D eigenvalue weighted by Crippen LogP contribution is 2.19. The van der Waals surface area contributed by atoms with E-state index in [1.807, 2.05) is 6.92 Å². The van der Waals surface area contributed by atoms with Gasteiger partial charge in [-0.2, -0.15) is 12.6 Å². The molecule has 0 bridgehead atoms. The minimum atomic E-state index is -0.699. The monoisotopic (exact) mass is 260 g/mol. The fraction of sp³-hybridized carbons (Fsp3) is 0.929. The van der Waals surface area contributed by atoms with Gasteiger partial charge in [-0.3, -0.25) is 4.79 Å². The number of carboxylic acids is 1. The second kappa shape index (κ2) is 10.9. The van der Waals surface area contributed by atoms with Crippen LogP contribution in [-0.2, 0) is 4.79 Å². The van der Waals surface area contributed by atoms with Crippen LogP contribution >= 0.6 is 12.6 Å². The number of thiol groups is 1. The Bertz CT molecular complexity index is 193. The molecule has 17 heavy (non-hydrogen) atoms. The van der Waals surface area contributed by atoms with E-state index in [-0.39, 0.29) is 11.2 Å². The first-order chi connectivity index (χ1) is 8.09. The van der Waals surface area contributed by atoms with E-state index in [4.69, 9.17) is 5.11 Å². The Morgan fingerprint density at radius 3 is 1.94 bits per heavy atom.